The van der Waals surface area contributed by atoms with Crippen LogP contribution in [0.3, 0.4) is 0 Å². The van der Waals surface area contributed by atoms with Crippen LogP contribution in [0, 0.1) is 0 Å². The first kappa shape index (κ1) is 12.9. The van der Waals surface area contributed by atoms with Crippen LogP contribution in [0.4, 0.5) is 4.39 Å². The molecule has 0 bridgehead atoms. The molecule has 0 aromatic heterocycles. The highest BCUT2D eigenvalue weighted by molar-refractivity contribution is 6.31. The first-order chi connectivity index (χ1) is 9.22. The molecule has 1 saturated heterocycles. The van der Waals surface area contributed by atoms with Crippen molar-refractivity contribution in [3.8, 4) is 0 Å². The molecule has 1 fully saturated rings. The number of halogens is 2. The lowest BCUT2D eigenvalue weighted by molar-refractivity contribution is 0.378. The molecule has 2 unspecified atom stereocenters. The Balaban J connectivity index is 2.07. The molecule has 0 spiro atoms. The van der Waals surface area contributed by atoms with Gasteiger partial charge in [-0.2, -0.15) is 0 Å². The molecule has 1 aromatic carbocycles. The topological polar surface area (TPSA) is 12.0 Å². The van der Waals surface area contributed by atoms with Crippen molar-refractivity contribution in [2.75, 3.05) is 6.54 Å². The normalized spacial score (nSPS) is 30.9. The fourth-order valence-electron chi connectivity index (χ4n) is 3.23. The lowest BCUT2D eigenvalue weighted by atomic mass is 9.69. The van der Waals surface area contributed by atoms with Crippen molar-refractivity contribution in [1.82, 2.24) is 5.32 Å². The highest BCUT2D eigenvalue weighted by atomic mass is 35.5. The van der Waals surface area contributed by atoms with Crippen LogP contribution in [0.25, 0.3) is 0 Å². The second-order valence-corrected chi connectivity index (χ2v) is 5.71. The molecule has 1 aliphatic carbocycles. The first-order valence-electron chi connectivity index (χ1n) is 6.76. The molecule has 19 heavy (non-hydrogen) atoms. The summed E-state index contributed by atoms with van der Waals surface area (Å²) >= 11 is 5.89. The maximum Gasteiger partial charge on any atom is 0.138 e. The van der Waals surface area contributed by atoms with Crippen LogP contribution in [-0.4, -0.2) is 12.6 Å². The summed E-state index contributed by atoms with van der Waals surface area (Å²) in [5.41, 5.74) is 0.852. The summed E-state index contributed by atoms with van der Waals surface area (Å²) in [5.74, 6) is -0.300. The zero-order valence-electron chi connectivity index (χ0n) is 10.7. The minimum Gasteiger partial charge on any atom is -0.313 e. The molecule has 0 radical (unpaired) electrons. The van der Waals surface area contributed by atoms with Crippen molar-refractivity contribution >= 4 is 11.6 Å². The molecular weight excluding hydrogens is 261 g/mol. The average molecular weight is 278 g/mol. The predicted molar refractivity (Wildman–Crippen MR) is 76.9 cm³/mol. The minimum absolute atomic E-state index is 0.240. The molecule has 2 atom stereocenters. The lowest BCUT2D eigenvalue weighted by Crippen LogP contribution is -2.44. The van der Waals surface area contributed by atoms with E-state index in [2.05, 4.69) is 17.4 Å². The van der Waals surface area contributed by atoms with Crippen molar-refractivity contribution in [3.05, 3.63) is 58.9 Å². The Morgan fingerprint density at radius 1 is 1.26 bits per heavy atom. The minimum atomic E-state index is -0.305. The highest BCUT2D eigenvalue weighted by Crippen LogP contribution is 2.43. The fourth-order valence-corrected chi connectivity index (χ4v) is 3.36. The number of hydrogen-bond donors (Lipinski definition) is 1. The summed E-state index contributed by atoms with van der Waals surface area (Å²) in [4.78, 5) is 0. The Kier molecular flexibility index (Phi) is 3.46. The van der Waals surface area contributed by atoms with Gasteiger partial charge in [0.05, 0.1) is 5.03 Å². The van der Waals surface area contributed by atoms with Gasteiger partial charge in [-0.05, 0) is 37.4 Å². The molecule has 3 heteroatoms. The molecule has 2 aliphatic rings. The summed E-state index contributed by atoms with van der Waals surface area (Å²) in [6.45, 7) is 1.01. The zero-order chi connectivity index (χ0) is 13.3. The van der Waals surface area contributed by atoms with Gasteiger partial charge in [-0.1, -0.05) is 48.0 Å². The molecule has 1 N–H and O–H groups in total. The third-order valence-corrected chi connectivity index (χ3v) is 4.56. The quantitative estimate of drug-likeness (QED) is 0.860. The van der Waals surface area contributed by atoms with E-state index in [1.165, 1.54) is 0 Å². The van der Waals surface area contributed by atoms with Gasteiger partial charge in [-0.3, -0.25) is 0 Å². The van der Waals surface area contributed by atoms with Crippen molar-refractivity contribution in [2.24, 2.45) is 0 Å². The number of rotatable bonds is 2. The van der Waals surface area contributed by atoms with E-state index in [4.69, 9.17) is 11.6 Å². The lowest BCUT2D eigenvalue weighted by Gasteiger charge is -2.38. The van der Waals surface area contributed by atoms with Gasteiger partial charge < -0.3 is 5.32 Å². The molecule has 0 amide bonds. The number of benzene rings is 1. The van der Waals surface area contributed by atoms with Gasteiger partial charge in [-0.25, -0.2) is 4.39 Å². The van der Waals surface area contributed by atoms with Gasteiger partial charge in [0.15, 0.2) is 0 Å². The first-order valence-corrected chi connectivity index (χ1v) is 7.13. The van der Waals surface area contributed by atoms with Crippen molar-refractivity contribution < 1.29 is 4.39 Å². The number of allylic oxidation sites excluding steroid dienone is 3. The maximum absolute atomic E-state index is 14.0. The van der Waals surface area contributed by atoms with Gasteiger partial charge in [0.2, 0.25) is 0 Å². The Bertz CT molecular complexity index is 517. The fraction of sp³-hybridized carbons (Fsp3) is 0.375. The van der Waals surface area contributed by atoms with Gasteiger partial charge in [0, 0.05) is 11.5 Å². The Morgan fingerprint density at radius 2 is 2.05 bits per heavy atom. The summed E-state index contributed by atoms with van der Waals surface area (Å²) in [6, 6.07) is 10.5. The number of nitrogens with one attached hydrogen (secondary N) is 1. The van der Waals surface area contributed by atoms with E-state index >= 15 is 0 Å². The standard InChI is InChI=1S/C16H17ClFN/c17-13-8-9-16(11-14(13)18,15-7-4-10-19-15)12-5-2-1-3-6-12/h1-3,5-6,8,11,15,19H,4,7,9-10H2. The third kappa shape index (κ3) is 2.24. The SMILES string of the molecule is FC1=CC(c2ccccc2)(C2CCCN2)CC=C1Cl. The molecule has 3 rings (SSSR count). The van der Waals surface area contributed by atoms with E-state index in [-0.39, 0.29) is 22.3 Å². The van der Waals surface area contributed by atoms with Crippen LogP contribution in [0.5, 0.6) is 0 Å². The number of hydrogen-bond acceptors (Lipinski definition) is 1. The maximum atomic E-state index is 14.0. The molecule has 1 aliphatic heterocycles. The summed E-state index contributed by atoms with van der Waals surface area (Å²) in [6.07, 6.45) is 6.49. The van der Waals surface area contributed by atoms with Gasteiger partial charge in [0.25, 0.3) is 0 Å². The van der Waals surface area contributed by atoms with Crippen LogP contribution >= 0.6 is 11.6 Å². The van der Waals surface area contributed by atoms with Crippen LogP contribution in [-0.2, 0) is 5.41 Å². The smallest absolute Gasteiger partial charge is 0.138 e. The summed E-state index contributed by atoms with van der Waals surface area (Å²) < 4.78 is 14.0. The molecule has 100 valence electrons. The van der Waals surface area contributed by atoms with E-state index in [0.717, 1.165) is 31.4 Å². The summed E-state index contributed by atoms with van der Waals surface area (Å²) in [7, 11) is 0. The Hall–Kier alpha value is -1.12. The predicted octanol–water partition coefficient (Wildman–Crippen LogP) is 4.06. The molecular formula is C16H17ClFN. The van der Waals surface area contributed by atoms with Gasteiger partial charge in [0.1, 0.15) is 5.83 Å². The largest absolute Gasteiger partial charge is 0.313 e. The molecule has 1 heterocycles. The van der Waals surface area contributed by atoms with E-state index in [1.807, 2.05) is 24.3 Å². The van der Waals surface area contributed by atoms with Crippen LogP contribution in [0.1, 0.15) is 24.8 Å². The molecule has 0 saturated carbocycles. The van der Waals surface area contributed by atoms with E-state index in [1.54, 1.807) is 6.08 Å². The van der Waals surface area contributed by atoms with Crippen molar-refractivity contribution in [1.29, 1.82) is 0 Å². The van der Waals surface area contributed by atoms with Gasteiger partial charge in [-0.15, -0.1) is 0 Å². The Morgan fingerprint density at radius 3 is 2.68 bits per heavy atom. The monoisotopic (exact) mass is 277 g/mol. The van der Waals surface area contributed by atoms with E-state index in [0.29, 0.717) is 0 Å². The highest BCUT2D eigenvalue weighted by Gasteiger charge is 2.41. The van der Waals surface area contributed by atoms with Crippen LogP contribution in [0.15, 0.2) is 53.3 Å². The Labute approximate surface area is 118 Å². The van der Waals surface area contributed by atoms with E-state index < -0.39 is 0 Å². The average Bonchev–Trinajstić information content (AvgIpc) is 2.98. The second kappa shape index (κ2) is 5.10. The van der Waals surface area contributed by atoms with Crippen LogP contribution in [0.2, 0.25) is 0 Å². The molecule has 1 nitrogen and oxygen atoms in total. The summed E-state index contributed by atoms with van der Waals surface area (Å²) in [5, 5.41) is 3.76. The van der Waals surface area contributed by atoms with E-state index in [9.17, 15) is 4.39 Å². The van der Waals surface area contributed by atoms with Crippen molar-refractivity contribution in [3.63, 3.8) is 0 Å². The van der Waals surface area contributed by atoms with Crippen LogP contribution < -0.4 is 5.32 Å². The zero-order valence-corrected chi connectivity index (χ0v) is 11.5. The molecule has 1 aromatic rings. The second-order valence-electron chi connectivity index (χ2n) is 5.30. The van der Waals surface area contributed by atoms with Gasteiger partial charge >= 0.3 is 0 Å². The van der Waals surface area contributed by atoms with Crippen molar-refractivity contribution in [2.45, 2.75) is 30.7 Å². The third-order valence-electron chi connectivity index (χ3n) is 4.22.